The van der Waals surface area contributed by atoms with E-state index >= 15 is 0 Å². The van der Waals surface area contributed by atoms with E-state index < -0.39 is 57.6 Å². The van der Waals surface area contributed by atoms with Crippen LogP contribution in [0.2, 0.25) is 0 Å². The Kier molecular flexibility index (Phi) is 58.5. The Morgan fingerprint density at radius 2 is 0.900 bits per heavy atom. The monoisotopic (exact) mass is 928 g/mol. The van der Waals surface area contributed by atoms with Gasteiger partial charge in [0.1, 0.15) is 10.1 Å². The number of unbranched alkanes of at least 4 members (excludes halogenated alkanes) is 2. The number of carboxylic acid groups (broad SMARTS) is 4. The molecule has 3 unspecified atom stereocenters. The average Bonchev–Trinajstić information content (AvgIpc) is 3.04. The van der Waals surface area contributed by atoms with Crippen LogP contribution in [0.5, 0.6) is 0 Å². The molecule has 286 valence electrons. The normalized spacial score (nSPS) is 11.3. The first-order valence-electron chi connectivity index (χ1n) is 14.8. The van der Waals surface area contributed by atoms with Crippen LogP contribution in [0.1, 0.15) is 85.5 Å². The van der Waals surface area contributed by atoms with Gasteiger partial charge in [0.15, 0.2) is 5.25 Å². The minimum atomic E-state index is -5.01. The summed E-state index contributed by atoms with van der Waals surface area (Å²) >= 11 is 13.4. The number of carbonyl (C=O) groups is 6. The van der Waals surface area contributed by atoms with Crippen molar-refractivity contribution in [2.45, 2.75) is 90.7 Å². The SMILES string of the molecule is CCCCC(CC)COC(=O)CC(C(=O)OCC(CC)CCCC)S(=O)(=O)[O-].O=C([O-])CS.O=C([O-])CS.O=C([O-])CS.O=C([O-])CS.[Na+].[Sn+4]. The van der Waals surface area contributed by atoms with Crippen LogP contribution >= 0.6 is 50.5 Å². The molecule has 0 aromatic rings. The second-order valence-corrected chi connectivity index (χ2v) is 12.3. The van der Waals surface area contributed by atoms with E-state index in [1.165, 1.54) is 0 Å². The number of thiol groups is 4. The molecule has 0 heterocycles. The van der Waals surface area contributed by atoms with Gasteiger partial charge in [-0.2, -0.15) is 50.5 Å². The smallest absolute Gasteiger partial charge is 0.747 e. The number of rotatable bonds is 20. The first-order valence-corrected chi connectivity index (χ1v) is 18.8. The number of hydrogen-bond donors (Lipinski definition) is 4. The van der Waals surface area contributed by atoms with Crippen LogP contribution in [-0.4, -0.2) is 114 Å². The molecule has 0 saturated carbocycles. The third-order valence-electron chi connectivity index (χ3n) is 5.51. The van der Waals surface area contributed by atoms with Gasteiger partial charge in [-0.1, -0.05) is 66.2 Å². The molecule has 22 heteroatoms. The fraction of sp³-hybridized carbons (Fsp3) is 0.786. The second kappa shape index (κ2) is 45.1. The molecule has 0 aromatic heterocycles. The topological polar surface area (TPSA) is 270 Å². The summed E-state index contributed by atoms with van der Waals surface area (Å²) in [4.78, 5) is 60.9. The van der Waals surface area contributed by atoms with E-state index in [2.05, 4.69) is 64.4 Å². The van der Waals surface area contributed by atoms with Gasteiger partial charge >= 0.3 is 65.4 Å². The van der Waals surface area contributed by atoms with Gasteiger partial charge in [0.2, 0.25) is 0 Å². The van der Waals surface area contributed by atoms with E-state index in [9.17, 15) is 62.2 Å². The molecule has 3 atom stereocenters. The molecule has 0 saturated heterocycles. The molecule has 0 aliphatic rings. The van der Waals surface area contributed by atoms with Crippen molar-refractivity contribution < 1.29 is 101 Å². The summed E-state index contributed by atoms with van der Waals surface area (Å²) in [5, 5.41) is 34.7. The van der Waals surface area contributed by atoms with E-state index in [0.29, 0.717) is 0 Å². The van der Waals surface area contributed by atoms with Crippen LogP contribution in [0.25, 0.3) is 0 Å². The molecule has 50 heavy (non-hydrogen) atoms. The minimum absolute atomic E-state index is 0. The first kappa shape index (κ1) is 64.9. The predicted molar refractivity (Wildman–Crippen MR) is 188 cm³/mol. The van der Waals surface area contributed by atoms with Crippen molar-refractivity contribution in [1.82, 2.24) is 0 Å². The Hall–Kier alpha value is -0.0713. The summed E-state index contributed by atoms with van der Waals surface area (Å²) in [6.07, 6.45) is 6.58. The Labute approximate surface area is 357 Å². The number of aliphatic carboxylic acids is 4. The van der Waals surface area contributed by atoms with Gasteiger partial charge in [-0.05, 0) is 24.7 Å². The van der Waals surface area contributed by atoms with Crippen molar-refractivity contribution in [3.63, 3.8) is 0 Å². The van der Waals surface area contributed by atoms with Gasteiger partial charge < -0.3 is 53.6 Å². The third-order valence-corrected chi connectivity index (χ3v) is 7.60. The van der Waals surface area contributed by atoms with E-state index in [1.807, 2.05) is 13.8 Å². The average molecular weight is 928 g/mol. The second-order valence-electron chi connectivity index (χ2n) is 9.45. The number of carboxylic acids is 4. The molecule has 0 fully saturated rings. The van der Waals surface area contributed by atoms with Gasteiger partial charge in [-0.15, -0.1) is 0 Å². The minimum Gasteiger partial charge on any atom is -0.747 e. The molecular formula is C28H49NaO15S5Sn. The van der Waals surface area contributed by atoms with E-state index in [-0.39, 0.29) is 102 Å². The summed E-state index contributed by atoms with van der Waals surface area (Å²) in [6, 6.07) is 0. The number of ether oxygens (including phenoxy) is 2. The van der Waals surface area contributed by atoms with Crippen LogP contribution in [-0.2, 0) is 48.4 Å². The van der Waals surface area contributed by atoms with Crippen molar-refractivity contribution in [3.05, 3.63) is 0 Å². The molecule has 0 spiro atoms. The van der Waals surface area contributed by atoms with Gasteiger partial charge in [0.25, 0.3) is 0 Å². The van der Waals surface area contributed by atoms with Crippen molar-refractivity contribution in [1.29, 1.82) is 0 Å². The van der Waals surface area contributed by atoms with Gasteiger partial charge in [-0.3, -0.25) is 9.59 Å². The van der Waals surface area contributed by atoms with Gasteiger partial charge in [0, 0.05) is 23.0 Å². The molecular weight excluding hydrogens is 878 g/mol. The van der Waals surface area contributed by atoms with Crippen molar-refractivity contribution in [2.24, 2.45) is 11.8 Å². The molecule has 0 N–H and O–H groups in total. The summed E-state index contributed by atoms with van der Waals surface area (Å²) < 4.78 is 44.6. The van der Waals surface area contributed by atoms with E-state index in [0.717, 1.165) is 51.4 Å². The molecule has 0 bridgehead atoms. The maximum Gasteiger partial charge on any atom is 4.00 e. The van der Waals surface area contributed by atoms with Crippen LogP contribution in [0, 0.1) is 11.8 Å². The van der Waals surface area contributed by atoms with Gasteiger partial charge in [-0.25, -0.2) is 8.42 Å². The maximum absolute atomic E-state index is 12.1. The fourth-order valence-electron chi connectivity index (χ4n) is 2.81. The first-order chi connectivity index (χ1) is 22.3. The molecule has 0 aromatic carbocycles. The predicted octanol–water partition coefficient (Wildman–Crippen LogP) is -4.90. The Morgan fingerprint density at radius 3 is 1.12 bits per heavy atom. The van der Waals surface area contributed by atoms with Crippen molar-refractivity contribution in [3.8, 4) is 0 Å². The van der Waals surface area contributed by atoms with Crippen LogP contribution in [0.15, 0.2) is 0 Å². The molecule has 15 nitrogen and oxygen atoms in total. The quantitative estimate of drug-likeness (QED) is 0.0386. The van der Waals surface area contributed by atoms with Crippen LogP contribution in [0.4, 0.5) is 0 Å². The summed E-state index contributed by atoms with van der Waals surface area (Å²) in [6.45, 7) is 8.26. The Morgan fingerprint density at radius 1 is 0.620 bits per heavy atom. The van der Waals surface area contributed by atoms with Crippen LogP contribution < -0.4 is 50.0 Å². The summed E-state index contributed by atoms with van der Waals surface area (Å²) in [5.41, 5.74) is 0. The van der Waals surface area contributed by atoms with E-state index in [4.69, 9.17) is 9.47 Å². The Bertz CT molecular complexity index is 936. The summed E-state index contributed by atoms with van der Waals surface area (Å²) in [5.74, 6) is -7.05. The Balaban J connectivity index is -0.000000136. The van der Waals surface area contributed by atoms with Gasteiger partial charge in [0.05, 0.1) is 43.5 Å². The maximum atomic E-state index is 12.1. The fourth-order valence-corrected chi connectivity index (χ4v) is 3.46. The zero-order valence-electron chi connectivity index (χ0n) is 29.2. The van der Waals surface area contributed by atoms with Crippen molar-refractivity contribution in [2.75, 3.05) is 36.2 Å². The number of hydrogen-bond acceptors (Lipinski definition) is 19. The third kappa shape index (κ3) is 54.7. The number of esters is 2. The standard InChI is InChI=1S/C20H38O7S.4C2H4O2S.Na.Sn/c1-5-9-11-16(7-3)14-26-19(21)13-18(28(23,24)25)20(22)27-15-17(8-4)12-10-6-2;4*3-2(4)1-5;;/h16-18H,5-15H2,1-4H3,(H,23,24,25);4*5H,1H2,(H,3,4);;/q;;;;;+1;+4/p-5. The molecule has 0 radical (unpaired) electrons. The van der Waals surface area contributed by atoms with E-state index in [1.54, 1.807) is 0 Å². The largest absolute Gasteiger partial charge is 4.00 e. The molecule has 0 aliphatic carbocycles. The zero-order chi connectivity index (χ0) is 38.7. The molecule has 0 aliphatic heterocycles. The molecule has 0 amide bonds. The van der Waals surface area contributed by atoms with Crippen molar-refractivity contribution >= 4 is 120 Å². The number of carbonyl (C=O) groups excluding carboxylic acids is 6. The van der Waals surface area contributed by atoms with Crippen LogP contribution in [0.3, 0.4) is 0 Å². The molecule has 0 rings (SSSR count). The zero-order valence-corrected chi connectivity index (χ0v) is 38.4. The summed E-state index contributed by atoms with van der Waals surface area (Å²) in [7, 11) is -5.01.